The van der Waals surface area contributed by atoms with Gasteiger partial charge >= 0.3 is 0 Å². The maximum Gasteiger partial charge on any atom is 0.145 e. The molecule has 1 aliphatic rings. The number of fused-ring (bicyclic) bond motifs is 1. The van der Waals surface area contributed by atoms with E-state index in [0.717, 1.165) is 27.2 Å². The largest absolute Gasteiger partial charge is 0.485 e. The molecule has 0 atom stereocenters. The molecule has 2 nitrogen and oxygen atoms in total. The third-order valence-corrected chi connectivity index (χ3v) is 3.48. The van der Waals surface area contributed by atoms with Gasteiger partial charge in [0.05, 0.1) is 5.71 Å². The van der Waals surface area contributed by atoms with Gasteiger partial charge in [-0.2, -0.15) is 0 Å². The third kappa shape index (κ3) is 2.28. The van der Waals surface area contributed by atoms with Gasteiger partial charge in [0.2, 0.25) is 0 Å². The molecular weight excluding hydrogens is 314 g/mol. The summed E-state index contributed by atoms with van der Waals surface area (Å²) < 4.78 is 6.72. The fourth-order valence-corrected chi connectivity index (χ4v) is 2.24. The Morgan fingerprint density at radius 1 is 1.11 bits per heavy atom. The fourth-order valence-electron chi connectivity index (χ4n) is 1.81. The minimum Gasteiger partial charge on any atom is -0.485 e. The molecule has 90 valence electrons. The van der Waals surface area contributed by atoms with E-state index in [1.807, 2.05) is 36.4 Å². The van der Waals surface area contributed by atoms with E-state index in [1.54, 1.807) is 6.07 Å². The molecule has 0 aromatic heterocycles. The first-order valence-corrected chi connectivity index (χ1v) is 6.65. The van der Waals surface area contributed by atoms with E-state index in [4.69, 9.17) is 16.3 Å². The average molecular weight is 323 g/mol. The van der Waals surface area contributed by atoms with E-state index in [2.05, 4.69) is 20.9 Å². The Morgan fingerprint density at radius 2 is 1.89 bits per heavy atom. The van der Waals surface area contributed by atoms with Gasteiger partial charge in [0, 0.05) is 9.50 Å². The summed E-state index contributed by atoms with van der Waals surface area (Å²) in [5.74, 6) is 0.778. The van der Waals surface area contributed by atoms with Gasteiger partial charge in [-0.1, -0.05) is 39.7 Å². The monoisotopic (exact) mass is 321 g/mol. The second-order valence-corrected chi connectivity index (χ2v) is 5.32. The highest BCUT2D eigenvalue weighted by molar-refractivity contribution is 9.10. The number of rotatable bonds is 1. The number of aliphatic imine (C=N–C) groups is 1. The predicted octanol–water partition coefficient (Wildman–Crippen LogP) is 4.62. The third-order valence-electron chi connectivity index (χ3n) is 2.72. The van der Waals surface area contributed by atoms with Crippen LogP contribution < -0.4 is 4.74 Å². The van der Waals surface area contributed by atoms with Crippen LogP contribution in [0.2, 0.25) is 5.02 Å². The van der Waals surface area contributed by atoms with E-state index in [-0.39, 0.29) is 0 Å². The molecule has 2 aromatic rings. The van der Waals surface area contributed by atoms with Gasteiger partial charge in [0.25, 0.3) is 0 Å². The Morgan fingerprint density at radius 3 is 2.67 bits per heavy atom. The van der Waals surface area contributed by atoms with E-state index < -0.39 is 0 Å². The van der Waals surface area contributed by atoms with Gasteiger partial charge in [-0.25, -0.2) is 4.99 Å². The second-order valence-electron chi connectivity index (χ2n) is 3.97. The molecule has 0 amide bonds. The molecule has 0 unspecified atom stereocenters. The lowest BCUT2D eigenvalue weighted by atomic mass is 10.1. The van der Waals surface area contributed by atoms with Crippen LogP contribution >= 0.6 is 27.5 Å². The van der Waals surface area contributed by atoms with Crippen LogP contribution in [0.4, 0.5) is 5.69 Å². The first-order chi connectivity index (χ1) is 8.72. The maximum absolute atomic E-state index is 5.96. The zero-order valence-electron chi connectivity index (χ0n) is 9.36. The minimum atomic E-state index is 0.482. The summed E-state index contributed by atoms with van der Waals surface area (Å²) in [7, 11) is 0. The highest BCUT2D eigenvalue weighted by Gasteiger charge is 2.14. The predicted molar refractivity (Wildman–Crippen MR) is 77.3 cm³/mol. The van der Waals surface area contributed by atoms with Crippen molar-refractivity contribution in [1.82, 2.24) is 0 Å². The molecule has 0 saturated heterocycles. The second kappa shape index (κ2) is 4.75. The Labute approximate surface area is 118 Å². The summed E-state index contributed by atoms with van der Waals surface area (Å²) in [5.41, 5.74) is 2.76. The Balaban J connectivity index is 2.02. The molecule has 0 bridgehead atoms. The van der Waals surface area contributed by atoms with Crippen LogP contribution in [0, 0.1) is 0 Å². The van der Waals surface area contributed by atoms with E-state index in [0.29, 0.717) is 11.6 Å². The standard InChI is InChI=1S/C14H9BrClNO/c15-10-3-1-9(2-4-10)13-8-18-14-6-5-11(16)7-12(14)17-13/h1-7H,8H2. The first kappa shape index (κ1) is 11.8. The molecule has 4 heteroatoms. The number of benzene rings is 2. The Kier molecular flexibility index (Phi) is 3.10. The van der Waals surface area contributed by atoms with Gasteiger partial charge in [-0.3, -0.25) is 0 Å². The minimum absolute atomic E-state index is 0.482. The van der Waals surface area contributed by atoms with Crippen LogP contribution in [0.25, 0.3) is 0 Å². The summed E-state index contributed by atoms with van der Waals surface area (Å²) >= 11 is 9.38. The SMILES string of the molecule is Clc1ccc2c(c1)N=C(c1ccc(Br)cc1)CO2. The molecule has 0 spiro atoms. The Bertz CT molecular complexity index is 622. The van der Waals surface area contributed by atoms with Crippen LogP contribution in [-0.4, -0.2) is 12.3 Å². The summed E-state index contributed by atoms with van der Waals surface area (Å²) in [5, 5.41) is 0.665. The van der Waals surface area contributed by atoms with Crippen molar-refractivity contribution in [2.75, 3.05) is 6.61 Å². The van der Waals surface area contributed by atoms with E-state index >= 15 is 0 Å². The number of halogens is 2. The van der Waals surface area contributed by atoms with Gasteiger partial charge < -0.3 is 4.74 Å². The van der Waals surface area contributed by atoms with Crippen LogP contribution in [0.5, 0.6) is 5.75 Å². The van der Waals surface area contributed by atoms with Crippen LogP contribution in [0.15, 0.2) is 51.9 Å². The van der Waals surface area contributed by atoms with Crippen LogP contribution in [0.3, 0.4) is 0 Å². The highest BCUT2D eigenvalue weighted by Crippen LogP contribution is 2.34. The van der Waals surface area contributed by atoms with Crippen molar-refractivity contribution in [3.63, 3.8) is 0 Å². The molecule has 1 heterocycles. The fraction of sp³-hybridized carbons (Fsp3) is 0.0714. The number of ether oxygens (including phenoxy) is 1. The molecule has 0 fully saturated rings. The van der Waals surface area contributed by atoms with E-state index in [9.17, 15) is 0 Å². The molecule has 0 radical (unpaired) electrons. The first-order valence-electron chi connectivity index (χ1n) is 5.48. The summed E-state index contributed by atoms with van der Waals surface area (Å²) in [4.78, 5) is 4.60. The smallest absolute Gasteiger partial charge is 0.145 e. The van der Waals surface area contributed by atoms with Crippen molar-refractivity contribution in [2.24, 2.45) is 4.99 Å². The average Bonchev–Trinajstić information content (AvgIpc) is 2.38. The number of hydrogen-bond acceptors (Lipinski definition) is 2. The van der Waals surface area contributed by atoms with Gasteiger partial charge in [-0.05, 0) is 35.9 Å². The van der Waals surface area contributed by atoms with Crippen molar-refractivity contribution < 1.29 is 4.74 Å². The summed E-state index contributed by atoms with van der Waals surface area (Å²) in [6.07, 6.45) is 0. The van der Waals surface area contributed by atoms with Gasteiger partial charge in [-0.15, -0.1) is 0 Å². The molecule has 18 heavy (non-hydrogen) atoms. The van der Waals surface area contributed by atoms with Crippen LogP contribution in [-0.2, 0) is 0 Å². The molecule has 1 aliphatic heterocycles. The van der Waals surface area contributed by atoms with Crippen molar-refractivity contribution in [2.45, 2.75) is 0 Å². The molecule has 2 aromatic carbocycles. The molecule has 0 aliphatic carbocycles. The topological polar surface area (TPSA) is 21.6 Å². The van der Waals surface area contributed by atoms with Crippen molar-refractivity contribution >= 4 is 38.9 Å². The maximum atomic E-state index is 5.96. The number of hydrogen-bond donors (Lipinski definition) is 0. The van der Waals surface area contributed by atoms with E-state index in [1.165, 1.54) is 0 Å². The van der Waals surface area contributed by atoms with Gasteiger partial charge in [0.1, 0.15) is 18.0 Å². The normalized spacial score (nSPS) is 13.6. The molecule has 0 N–H and O–H groups in total. The van der Waals surface area contributed by atoms with Crippen molar-refractivity contribution in [3.8, 4) is 5.75 Å². The summed E-state index contributed by atoms with van der Waals surface area (Å²) in [6, 6.07) is 13.5. The van der Waals surface area contributed by atoms with Gasteiger partial charge in [0.15, 0.2) is 0 Å². The molecular formula is C14H9BrClNO. The zero-order valence-corrected chi connectivity index (χ0v) is 11.7. The van der Waals surface area contributed by atoms with Crippen LogP contribution in [0.1, 0.15) is 5.56 Å². The Hall–Kier alpha value is -1.32. The van der Waals surface area contributed by atoms with Crippen molar-refractivity contribution in [1.29, 1.82) is 0 Å². The summed E-state index contributed by atoms with van der Waals surface area (Å²) in [6.45, 7) is 0.482. The quantitative estimate of drug-likeness (QED) is 0.751. The zero-order chi connectivity index (χ0) is 12.5. The van der Waals surface area contributed by atoms with Crippen molar-refractivity contribution in [3.05, 3.63) is 57.5 Å². The highest BCUT2D eigenvalue weighted by atomic mass is 79.9. The lowest BCUT2D eigenvalue weighted by Gasteiger charge is -2.17. The lowest BCUT2D eigenvalue weighted by Crippen LogP contribution is -2.16. The number of nitrogens with zero attached hydrogens (tertiary/aromatic N) is 1. The molecule has 0 saturated carbocycles. The molecule has 3 rings (SSSR count). The lowest BCUT2D eigenvalue weighted by molar-refractivity contribution is 0.373.